The number of hydrogen-bond acceptors (Lipinski definition) is 2. The van der Waals surface area contributed by atoms with Gasteiger partial charge in [0, 0.05) is 10.6 Å². The summed E-state index contributed by atoms with van der Waals surface area (Å²) < 4.78 is 0. The quantitative estimate of drug-likeness (QED) is 0.843. The second-order valence-corrected chi connectivity index (χ2v) is 5.54. The molecule has 2 nitrogen and oxygen atoms in total. The Kier molecular flexibility index (Phi) is 4.27. The highest BCUT2D eigenvalue weighted by Crippen LogP contribution is 2.26. The van der Waals surface area contributed by atoms with Gasteiger partial charge in [0.2, 0.25) is 0 Å². The first-order chi connectivity index (χ1) is 9.08. The van der Waals surface area contributed by atoms with E-state index in [0.29, 0.717) is 5.56 Å². The predicted molar refractivity (Wildman–Crippen MR) is 78.9 cm³/mol. The van der Waals surface area contributed by atoms with Crippen LogP contribution in [0.2, 0.25) is 0 Å². The minimum Gasteiger partial charge on any atom is -0.478 e. The van der Waals surface area contributed by atoms with Gasteiger partial charge >= 0.3 is 5.97 Å². The van der Waals surface area contributed by atoms with Crippen LogP contribution in [0.4, 0.5) is 0 Å². The van der Waals surface area contributed by atoms with E-state index in [1.165, 1.54) is 16.7 Å². The molecule has 0 fully saturated rings. The zero-order valence-corrected chi connectivity index (χ0v) is 11.8. The van der Waals surface area contributed by atoms with Crippen molar-refractivity contribution in [3.63, 3.8) is 0 Å². The maximum atomic E-state index is 10.9. The predicted octanol–water partition coefficient (Wildman–Crippen LogP) is 4.29. The van der Waals surface area contributed by atoms with Gasteiger partial charge in [0.05, 0.1) is 5.56 Å². The van der Waals surface area contributed by atoms with Crippen LogP contribution < -0.4 is 0 Å². The minimum absolute atomic E-state index is 0.339. The van der Waals surface area contributed by atoms with Gasteiger partial charge in [-0.1, -0.05) is 24.3 Å². The van der Waals surface area contributed by atoms with Crippen LogP contribution in [0.5, 0.6) is 0 Å². The molecule has 98 valence electrons. The molecule has 2 aromatic carbocycles. The minimum atomic E-state index is -0.880. The third kappa shape index (κ3) is 3.38. The lowest BCUT2D eigenvalue weighted by Gasteiger charge is -2.09. The Balaban J connectivity index is 2.15. The number of carboxylic acid groups (broad SMARTS) is 1. The van der Waals surface area contributed by atoms with Gasteiger partial charge in [0.1, 0.15) is 0 Å². The van der Waals surface area contributed by atoms with Crippen LogP contribution in [0.25, 0.3) is 0 Å². The first-order valence-corrected chi connectivity index (χ1v) is 7.08. The highest BCUT2D eigenvalue weighted by Gasteiger charge is 2.06. The SMILES string of the molecule is Cc1cccc(C)c1CSc1cccc(C(=O)O)c1. The van der Waals surface area contributed by atoms with Gasteiger partial charge in [-0.3, -0.25) is 0 Å². The highest BCUT2D eigenvalue weighted by molar-refractivity contribution is 7.98. The molecule has 0 amide bonds. The Morgan fingerprint density at radius 1 is 1.11 bits per heavy atom. The summed E-state index contributed by atoms with van der Waals surface area (Å²) in [6.45, 7) is 4.22. The summed E-state index contributed by atoms with van der Waals surface area (Å²) in [5.41, 5.74) is 4.23. The van der Waals surface area contributed by atoms with Crippen molar-refractivity contribution in [2.75, 3.05) is 0 Å². The van der Waals surface area contributed by atoms with Crippen LogP contribution in [0.1, 0.15) is 27.0 Å². The zero-order valence-electron chi connectivity index (χ0n) is 11.0. The summed E-state index contributed by atoms with van der Waals surface area (Å²) >= 11 is 1.67. The molecule has 0 radical (unpaired) electrons. The summed E-state index contributed by atoms with van der Waals surface area (Å²) in [7, 11) is 0. The van der Waals surface area contributed by atoms with Crippen LogP contribution in [-0.4, -0.2) is 11.1 Å². The van der Waals surface area contributed by atoms with E-state index in [2.05, 4.69) is 32.0 Å². The lowest BCUT2D eigenvalue weighted by atomic mass is 10.1. The number of aromatic carboxylic acids is 1. The van der Waals surface area contributed by atoms with Gasteiger partial charge in [-0.2, -0.15) is 0 Å². The zero-order chi connectivity index (χ0) is 13.8. The molecule has 0 aliphatic heterocycles. The Morgan fingerprint density at radius 3 is 2.37 bits per heavy atom. The van der Waals surface area contributed by atoms with Crippen molar-refractivity contribution in [1.82, 2.24) is 0 Å². The standard InChI is InChI=1S/C16H16O2S/c1-11-5-3-6-12(2)15(11)10-19-14-8-4-7-13(9-14)16(17)18/h3-9H,10H2,1-2H3,(H,17,18). The van der Waals surface area contributed by atoms with Crippen molar-refractivity contribution >= 4 is 17.7 Å². The number of carbonyl (C=O) groups is 1. The molecule has 0 unspecified atom stereocenters. The number of thioether (sulfide) groups is 1. The fraction of sp³-hybridized carbons (Fsp3) is 0.188. The van der Waals surface area contributed by atoms with Crippen LogP contribution in [-0.2, 0) is 5.75 Å². The van der Waals surface area contributed by atoms with Crippen LogP contribution in [0.3, 0.4) is 0 Å². The summed E-state index contributed by atoms with van der Waals surface area (Å²) in [6, 6.07) is 13.4. The fourth-order valence-corrected chi connectivity index (χ4v) is 3.10. The molecule has 3 heteroatoms. The normalized spacial score (nSPS) is 10.4. The molecule has 0 bridgehead atoms. The second kappa shape index (κ2) is 5.93. The van der Waals surface area contributed by atoms with Gasteiger partial charge in [0.25, 0.3) is 0 Å². The monoisotopic (exact) mass is 272 g/mol. The molecule has 0 aliphatic rings. The van der Waals surface area contributed by atoms with E-state index in [9.17, 15) is 4.79 Å². The van der Waals surface area contributed by atoms with Crippen molar-refractivity contribution in [2.24, 2.45) is 0 Å². The van der Waals surface area contributed by atoms with E-state index in [1.807, 2.05) is 6.07 Å². The third-order valence-electron chi connectivity index (χ3n) is 3.11. The van der Waals surface area contributed by atoms with Crippen molar-refractivity contribution in [3.8, 4) is 0 Å². The van der Waals surface area contributed by atoms with Crippen molar-refractivity contribution in [3.05, 3.63) is 64.7 Å². The topological polar surface area (TPSA) is 37.3 Å². The van der Waals surface area contributed by atoms with Crippen LogP contribution in [0.15, 0.2) is 47.4 Å². The van der Waals surface area contributed by atoms with Crippen molar-refractivity contribution < 1.29 is 9.90 Å². The molecule has 0 saturated heterocycles. The third-order valence-corrected chi connectivity index (χ3v) is 4.13. The van der Waals surface area contributed by atoms with E-state index in [1.54, 1.807) is 30.0 Å². The van der Waals surface area contributed by atoms with E-state index >= 15 is 0 Å². The summed E-state index contributed by atoms with van der Waals surface area (Å²) in [4.78, 5) is 11.9. The molecule has 0 spiro atoms. The second-order valence-electron chi connectivity index (χ2n) is 4.49. The van der Waals surface area contributed by atoms with Crippen molar-refractivity contribution in [2.45, 2.75) is 24.5 Å². The first kappa shape index (κ1) is 13.7. The van der Waals surface area contributed by atoms with Gasteiger partial charge in [0.15, 0.2) is 0 Å². The molecule has 2 rings (SSSR count). The van der Waals surface area contributed by atoms with Crippen molar-refractivity contribution in [1.29, 1.82) is 0 Å². The van der Waals surface area contributed by atoms with Gasteiger partial charge in [-0.15, -0.1) is 11.8 Å². The Hall–Kier alpha value is -1.74. The lowest BCUT2D eigenvalue weighted by Crippen LogP contribution is -1.95. The summed E-state index contributed by atoms with van der Waals surface area (Å²) in [6.07, 6.45) is 0. The van der Waals surface area contributed by atoms with E-state index < -0.39 is 5.97 Å². The first-order valence-electron chi connectivity index (χ1n) is 6.09. The molecule has 0 heterocycles. The smallest absolute Gasteiger partial charge is 0.335 e. The van der Waals surface area contributed by atoms with E-state index in [-0.39, 0.29) is 0 Å². The largest absolute Gasteiger partial charge is 0.478 e. The summed E-state index contributed by atoms with van der Waals surface area (Å²) in [5, 5.41) is 8.97. The lowest BCUT2D eigenvalue weighted by molar-refractivity contribution is 0.0696. The molecular weight excluding hydrogens is 256 g/mol. The maximum Gasteiger partial charge on any atom is 0.335 e. The Bertz CT molecular complexity index is 585. The van der Waals surface area contributed by atoms with Gasteiger partial charge in [-0.25, -0.2) is 4.79 Å². The maximum absolute atomic E-state index is 10.9. The fourth-order valence-electron chi connectivity index (χ4n) is 1.95. The average Bonchev–Trinajstić information content (AvgIpc) is 2.38. The number of carboxylic acids is 1. The molecule has 0 aromatic heterocycles. The van der Waals surface area contributed by atoms with Crippen LogP contribution in [0, 0.1) is 13.8 Å². The average molecular weight is 272 g/mol. The number of aryl methyl sites for hydroxylation is 2. The molecule has 2 aromatic rings. The Labute approximate surface area is 117 Å². The van der Waals surface area contributed by atoms with E-state index in [0.717, 1.165) is 10.6 Å². The van der Waals surface area contributed by atoms with Gasteiger partial charge < -0.3 is 5.11 Å². The molecule has 0 atom stereocenters. The molecular formula is C16H16O2S. The number of hydrogen-bond donors (Lipinski definition) is 1. The van der Waals surface area contributed by atoms with E-state index in [4.69, 9.17) is 5.11 Å². The molecule has 0 saturated carbocycles. The number of rotatable bonds is 4. The number of benzene rings is 2. The van der Waals surface area contributed by atoms with Gasteiger partial charge in [-0.05, 0) is 48.7 Å². The Morgan fingerprint density at radius 2 is 1.74 bits per heavy atom. The van der Waals surface area contributed by atoms with Crippen LogP contribution >= 0.6 is 11.8 Å². The molecule has 1 N–H and O–H groups in total. The summed E-state index contributed by atoms with van der Waals surface area (Å²) in [5.74, 6) is -0.0174. The molecule has 19 heavy (non-hydrogen) atoms. The highest BCUT2D eigenvalue weighted by atomic mass is 32.2. The molecule has 0 aliphatic carbocycles.